The number of hydrogen-bond acceptors (Lipinski definition) is 3. The molecule has 0 heterocycles. The maximum atomic E-state index is 13.1. The lowest BCUT2D eigenvalue weighted by atomic mass is 10.1. The van der Waals surface area contributed by atoms with Crippen molar-refractivity contribution in [2.45, 2.75) is 25.9 Å². The van der Waals surface area contributed by atoms with Crippen LogP contribution in [0, 0.1) is 0 Å². The lowest BCUT2D eigenvalue weighted by Gasteiger charge is -2.23. The number of ether oxygens (including phenoxy) is 1. The van der Waals surface area contributed by atoms with E-state index in [-0.39, 0.29) is 36.9 Å². The summed E-state index contributed by atoms with van der Waals surface area (Å²) in [7, 11) is 3.12. The van der Waals surface area contributed by atoms with Crippen LogP contribution in [-0.4, -0.2) is 43.0 Å². The number of nitrogens with zero attached hydrogens (tertiary/aromatic N) is 2. The van der Waals surface area contributed by atoms with E-state index in [4.69, 9.17) is 0 Å². The molecule has 2 aromatic carbocycles. The highest BCUT2D eigenvalue weighted by molar-refractivity contribution is 5.78. The number of halogens is 5. The van der Waals surface area contributed by atoms with Crippen LogP contribution < -0.4 is 4.74 Å². The number of likely N-dealkylation sites (N-methyl/N-ethyl adjacent to an activating group) is 2. The quantitative estimate of drug-likeness (QED) is 0.598. The molecule has 0 unspecified atom stereocenters. The zero-order valence-electron chi connectivity index (χ0n) is 15.9. The van der Waals surface area contributed by atoms with Gasteiger partial charge < -0.3 is 9.64 Å². The van der Waals surface area contributed by atoms with Gasteiger partial charge in [-0.05, 0) is 36.4 Å². The molecule has 0 spiro atoms. The minimum absolute atomic E-state index is 0.0146. The summed E-state index contributed by atoms with van der Waals surface area (Å²) in [6, 6.07) is 11.1. The molecule has 0 bridgehead atoms. The number of carbonyl (C=O) groups excluding carboxylic acids is 1. The van der Waals surface area contributed by atoms with Gasteiger partial charge in [-0.2, -0.15) is 22.0 Å². The summed E-state index contributed by atoms with van der Waals surface area (Å²) in [5.41, 5.74) is 0.0684. The minimum Gasteiger partial charge on any atom is -0.435 e. The summed E-state index contributed by atoms with van der Waals surface area (Å²) in [6.07, 6.45) is -4.46. The number of carbonyl (C=O) groups is 1. The molecule has 0 fully saturated rings. The first-order valence-corrected chi connectivity index (χ1v) is 8.67. The van der Waals surface area contributed by atoms with E-state index in [1.54, 1.807) is 26.2 Å². The van der Waals surface area contributed by atoms with Crippen LogP contribution in [0.15, 0.2) is 48.5 Å². The van der Waals surface area contributed by atoms with Crippen LogP contribution in [0.2, 0.25) is 0 Å². The molecule has 0 aliphatic carbocycles. The molecule has 158 valence electrons. The Labute approximate surface area is 165 Å². The normalized spacial score (nSPS) is 11.8. The van der Waals surface area contributed by atoms with Gasteiger partial charge in [-0.25, -0.2) is 0 Å². The average Bonchev–Trinajstić information content (AvgIpc) is 2.62. The fourth-order valence-electron chi connectivity index (χ4n) is 2.77. The SMILES string of the molecule is CN(CC(=O)N(C)Cc1ccc(OC(F)F)cc1)Cc1ccccc1C(F)(F)F. The van der Waals surface area contributed by atoms with E-state index >= 15 is 0 Å². The molecule has 0 atom stereocenters. The average molecular weight is 416 g/mol. The van der Waals surface area contributed by atoms with E-state index < -0.39 is 18.4 Å². The molecule has 0 aliphatic rings. The van der Waals surface area contributed by atoms with E-state index in [0.717, 1.165) is 6.07 Å². The van der Waals surface area contributed by atoms with Crippen molar-refractivity contribution in [1.82, 2.24) is 9.80 Å². The van der Waals surface area contributed by atoms with Crippen molar-refractivity contribution in [3.63, 3.8) is 0 Å². The fraction of sp³-hybridized carbons (Fsp3) is 0.350. The Bertz CT molecular complexity index is 809. The van der Waals surface area contributed by atoms with Crippen LogP contribution in [0.1, 0.15) is 16.7 Å². The largest absolute Gasteiger partial charge is 0.435 e. The van der Waals surface area contributed by atoms with Crippen LogP contribution in [0.25, 0.3) is 0 Å². The van der Waals surface area contributed by atoms with Crippen molar-refractivity contribution in [1.29, 1.82) is 0 Å². The predicted molar refractivity (Wildman–Crippen MR) is 97.3 cm³/mol. The number of amides is 1. The molecular weight excluding hydrogens is 395 g/mol. The zero-order chi connectivity index (χ0) is 21.6. The molecule has 0 radical (unpaired) electrons. The minimum atomic E-state index is -4.46. The molecule has 0 aromatic heterocycles. The van der Waals surface area contributed by atoms with Gasteiger partial charge in [-0.1, -0.05) is 30.3 Å². The van der Waals surface area contributed by atoms with Crippen molar-refractivity contribution in [3.8, 4) is 5.75 Å². The standard InChI is InChI=1S/C20H21F5N2O2/c1-26(12-15-5-3-4-6-17(15)20(23,24)25)13-18(28)27(2)11-14-7-9-16(10-8-14)29-19(21)22/h3-10,19H,11-13H2,1-2H3. The molecule has 9 heteroatoms. The molecule has 29 heavy (non-hydrogen) atoms. The van der Waals surface area contributed by atoms with Crippen molar-refractivity contribution < 1.29 is 31.5 Å². The Hall–Kier alpha value is -2.68. The summed E-state index contributed by atoms with van der Waals surface area (Å²) >= 11 is 0. The van der Waals surface area contributed by atoms with Crippen molar-refractivity contribution >= 4 is 5.91 Å². The van der Waals surface area contributed by atoms with E-state index in [9.17, 15) is 26.7 Å². The summed E-state index contributed by atoms with van der Waals surface area (Å²) in [4.78, 5) is 15.3. The van der Waals surface area contributed by atoms with Crippen molar-refractivity contribution in [2.24, 2.45) is 0 Å². The monoisotopic (exact) mass is 416 g/mol. The van der Waals surface area contributed by atoms with Gasteiger partial charge in [0.2, 0.25) is 5.91 Å². The molecule has 0 N–H and O–H groups in total. The number of alkyl halides is 5. The van der Waals surface area contributed by atoms with Crippen LogP contribution >= 0.6 is 0 Å². The molecule has 4 nitrogen and oxygen atoms in total. The summed E-state index contributed by atoms with van der Waals surface area (Å²) in [6.45, 7) is -2.80. The second-order valence-electron chi connectivity index (χ2n) is 6.60. The second kappa shape index (κ2) is 9.69. The van der Waals surface area contributed by atoms with Gasteiger partial charge in [0.15, 0.2) is 0 Å². The third-order valence-corrected chi connectivity index (χ3v) is 4.16. The van der Waals surface area contributed by atoms with Gasteiger partial charge in [0.1, 0.15) is 5.75 Å². The third kappa shape index (κ3) is 7.01. The number of benzene rings is 2. The topological polar surface area (TPSA) is 32.8 Å². The van der Waals surface area contributed by atoms with Crippen molar-refractivity contribution in [2.75, 3.05) is 20.6 Å². The predicted octanol–water partition coefficient (Wildman–Crippen LogP) is 4.40. The second-order valence-corrected chi connectivity index (χ2v) is 6.60. The first-order valence-electron chi connectivity index (χ1n) is 8.67. The lowest BCUT2D eigenvalue weighted by molar-refractivity contribution is -0.138. The number of hydrogen-bond donors (Lipinski definition) is 0. The Balaban J connectivity index is 1.92. The Morgan fingerprint density at radius 2 is 1.62 bits per heavy atom. The molecule has 0 aliphatic heterocycles. The molecule has 1 amide bonds. The molecule has 2 aromatic rings. The first-order chi connectivity index (χ1) is 13.6. The maximum absolute atomic E-state index is 13.1. The van der Waals surface area contributed by atoms with Gasteiger partial charge in [0.25, 0.3) is 0 Å². The van der Waals surface area contributed by atoms with E-state index in [0.29, 0.717) is 5.56 Å². The fourth-order valence-corrected chi connectivity index (χ4v) is 2.77. The molecular formula is C20H21F5N2O2. The van der Waals surface area contributed by atoms with Gasteiger partial charge in [-0.15, -0.1) is 0 Å². The number of rotatable bonds is 8. The van der Waals surface area contributed by atoms with Gasteiger partial charge in [-0.3, -0.25) is 9.69 Å². The first kappa shape index (κ1) is 22.6. The smallest absolute Gasteiger partial charge is 0.416 e. The third-order valence-electron chi connectivity index (χ3n) is 4.16. The van der Waals surface area contributed by atoms with Crippen LogP contribution in [0.3, 0.4) is 0 Å². The summed E-state index contributed by atoms with van der Waals surface area (Å²) < 4.78 is 67.8. The van der Waals surface area contributed by atoms with Crippen molar-refractivity contribution in [3.05, 3.63) is 65.2 Å². The van der Waals surface area contributed by atoms with E-state index in [1.807, 2.05) is 0 Å². The molecule has 2 rings (SSSR count). The highest BCUT2D eigenvalue weighted by Gasteiger charge is 2.33. The summed E-state index contributed by atoms with van der Waals surface area (Å²) in [5, 5.41) is 0. The van der Waals surface area contributed by atoms with Gasteiger partial charge in [0.05, 0.1) is 12.1 Å². The van der Waals surface area contributed by atoms with Crippen LogP contribution in [0.5, 0.6) is 5.75 Å². The molecule has 0 saturated heterocycles. The Kier molecular flexibility index (Phi) is 7.55. The highest BCUT2D eigenvalue weighted by Crippen LogP contribution is 2.32. The molecule has 0 saturated carbocycles. The van der Waals surface area contributed by atoms with Crippen LogP contribution in [-0.2, 0) is 24.1 Å². The van der Waals surface area contributed by atoms with Gasteiger partial charge >= 0.3 is 12.8 Å². The van der Waals surface area contributed by atoms with E-state index in [2.05, 4.69) is 4.74 Å². The summed E-state index contributed by atoms with van der Waals surface area (Å²) in [5.74, 6) is -0.273. The van der Waals surface area contributed by atoms with E-state index in [1.165, 1.54) is 40.1 Å². The maximum Gasteiger partial charge on any atom is 0.416 e. The highest BCUT2D eigenvalue weighted by atomic mass is 19.4. The zero-order valence-corrected chi connectivity index (χ0v) is 15.9. The Morgan fingerprint density at radius 1 is 1.00 bits per heavy atom. The lowest BCUT2D eigenvalue weighted by Crippen LogP contribution is -2.36. The van der Waals surface area contributed by atoms with Crippen LogP contribution in [0.4, 0.5) is 22.0 Å². The Morgan fingerprint density at radius 3 is 2.21 bits per heavy atom. The van der Waals surface area contributed by atoms with Gasteiger partial charge in [0, 0.05) is 20.1 Å².